The Hall–Kier alpha value is -3.35. The van der Waals surface area contributed by atoms with Gasteiger partial charge in [-0.25, -0.2) is 14.4 Å². The molecule has 2 aromatic rings. The van der Waals surface area contributed by atoms with Crippen LogP contribution < -0.4 is 0 Å². The fraction of sp³-hybridized carbons (Fsp3) is 0.167. The molecule has 0 radical (unpaired) electrons. The first-order valence-corrected chi connectivity index (χ1v) is 7.49. The molecule has 0 aliphatic heterocycles. The van der Waals surface area contributed by atoms with Crippen LogP contribution in [0.3, 0.4) is 0 Å². The largest absolute Gasteiger partial charge is 0.463 e. The molecule has 0 aliphatic carbocycles. The standard InChI is InChI=1S/C18H16N2O5/c1-3-24-16(21)9-8-15-7-6-14(11-20-15)18(23)25-17(22)13-5-4-12(2)19-10-13/h4-11H,3H2,1-2H3/b9-8+. The molecule has 2 aromatic heterocycles. The van der Waals surface area contributed by atoms with Crippen molar-refractivity contribution in [2.75, 3.05) is 6.61 Å². The van der Waals surface area contributed by atoms with E-state index in [1.54, 1.807) is 19.9 Å². The molecule has 0 spiro atoms. The summed E-state index contributed by atoms with van der Waals surface area (Å²) < 4.78 is 9.53. The Morgan fingerprint density at radius 3 is 2.16 bits per heavy atom. The van der Waals surface area contributed by atoms with Crippen LogP contribution in [0.15, 0.2) is 42.7 Å². The molecule has 0 unspecified atom stereocenters. The van der Waals surface area contributed by atoms with Crippen LogP contribution in [0.2, 0.25) is 0 Å². The summed E-state index contributed by atoms with van der Waals surface area (Å²) >= 11 is 0. The molecule has 0 N–H and O–H groups in total. The van der Waals surface area contributed by atoms with Crippen molar-refractivity contribution in [2.24, 2.45) is 0 Å². The Morgan fingerprint density at radius 1 is 1.00 bits per heavy atom. The van der Waals surface area contributed by atoms with E-state index in [2.05, 4.69) is 9.97 Å². The van der Waals surface area contributed by atoms with Gasteiger partial charge in [-0.1, -0.05) is 0 Å². The molecule has 2 rings (SSSR count). The molecule has 0 bridgehead atoms. The first kappa shape index (κ1) is 18.0. The van der Waals surface area contributed by atoms with Gasteiger partial charge in [-0.15, -0.1) is 0 Å². The Kier molecular flexibility index (Phi) is 6.11. The van der Waals surface area contributed by atoms with Crippen LogP contribution in [0.4, 0.5) is 0 Å². The van der Waals surface area contributed by atoms with Crippen molar-refractivity contribution < 1.29 is 23.9 Å². The van der Waals surface area contributed by atoms with Crippen molar-refractivity contribution in [3.63, 3.8) is 0 Å². The number of carbonyl (C=O) groups excluding carboxylic acids is 3. The number of ether oxygens (including phenoxy) is 2. The van der Waals surface area contributed by atoms with Gasteiger partial charge in [0.1, 0.15) is 0 Å². The second-order valence-corrected chi connectivity index (χ2v) is 4.92. The lowest BCUT2D eigenvalue weighted by molar-refractivity contribution is -0.137. The number of esters is 3. The smallest absolute Gasteiger partial charge is 0.347 e. The molecule has 0 aromatic carbocycles. The van der Waals surface area contributed by atoms with Gasteiger partial charge in [-0.3, -0.25) is 9.97 Å². The summed E-state index contributed by atoms with van der Waals surface area (Å²) in [6, 6.07) is 6.14. The van der Waals surface area contributed by atoms with Crippen LogP contribution in [0.1, 0.15) is 39.0 Å². The summed E-state index contributed by atoms with van der Waals surface area (Å²) in [4.78, 5) is 43.0. The third-order valence-corrected chi connectivity index (χ3v) is 3.03. The number of aromatic nitrogens is 2. The minimum Gasteiger partial charge on any atom is -0.463 e. The van der Waals surface area contributed by atoms with Crippen molar-refractivity contribution >= 4 is 24.0 Å². The minimum absolute atomic E-state index is 0.113. The monoisotopic (exact) mass is 340 g/mol. The maximum atomic E-state index is 12.0. The van der Waals surface area contributed by atoms with Crippen molar-refractivity contribution in [1.82, 2.24) is 9.97 Å². The Balaban J connectivity index is 1.99. The van der Waals surface area contributed by atoms with Gasteiger partial charge < -0.3 is 9.47 Å². The first-order chi connectivity index (χ1) is 12.0. The van der Waals surface area contributed by atoms with Gasteiger partial charge in [0.25, 0.3) is 0 Å². The number of rotatable bonds is 5. The predicted molar refractivity (Wildman–Crippen MR) is 88.6 cm³/mol. The zero-order valence-corrected chi connectivity index (χ0v) is 13.8. The molecule has 0 amide bonds. The van der Waals surface area contributed by atoms with Crippen molar-refractivity contribution in [3.05, 3.63) is 65.2 Å². The fourth-order valence-corrected chi connectivity index (χ4v) is 1.76. The Morgan fingerprint density at radius 2 is 1.64 bits per heavy atom. The predicted octanol–water partition coefficient (Wildman–Crippen LogP) is 2.36. The maximum Gasteiger partial charge on any atom is 0.347 e. The first-order valence-electron chi connectivity index (χ1n) is 7.49. The Bertz CT molecular complexity index is 795. The number of pyridine rings is 2. The average Bonchev–Trinajstić information content (AvgIpc) is 2.61. The topological polar surface area (TPSA) is 95.5 Å². The van der Waals surface area contributed by atoms with Gasteiger partial charge in [0.2, 0.25) is 0 Å². The number of aryl methyl sites for hydroxylation is 1. The van der Waals surface area contributed by atoms with Gasteiger partial charge in [0.05, 0.1) is 23.4 Å². The third kappa shape index (κ3) is 5.35. The summed E-state index contributed by atoms with van der Waals surface area (Å²) in [5.74, 6) is -2.09. The molecule has 0 fully saturated rings. The van der Waals surface area contributed by atoms with Crippen molar-refractivity contribution in [3.8, 4) is 0 Å². The summed E-state index contributed by atoms with van der Waals surface area (Å²) in [5, 5.41) is 0. The quantitative estimate of drug-likeness (QED) is 0.468. The molecule has 0 aliphatic rings. The molecule has 25 heavy (non-hydrogen) atoms. The second kappa shape index (κ2) is 8.49. The molecular weight excluding hydrogens is 324 g/mol. The van der Waals surface area contributed by atoms with E-state index in [1.165, 1.54) is 42.7 Å². The lowest BCUT2D eigenvalue weighted by Gasteiger charge is -2.03. The van der Waals surface area contributed by atoms with Crippen LogP contribution in [0, 0.1) is 6.92 Å². The number of carbonyl (C=O) groups is 3. The van der Waals surface area contributed by atoms with Crippen LogP contribution >= 0.6 is 0 Å². The average molecular weight is 340 g/mol. The van der Waals surface area contributed by atoms with E-state index in [0.29, 0.717) is 5.69 Å². The van der Waals surface area contributed by atoms with Crippen LogP contribution in [0.5, 0.6) is 0 Å². The summed E-state index contributed by atoms with van der Waals surface area (Å²) in [5.41, 5.74) is 1.50. The highest BCUT2D eigenvalue weighted by atomic mass is 16.6. The van der Waals surface area contributed by atoms with E-state index in [9.17, 15) is 14.4 Å². The minimum atomic E-state index is -0.820. The molecule has 0 saturated heterocycles. The van der Waals surface area contributed by atoms with Crippen LogP contribution in [0.25, 0.3) is 6.08 Å². The molecule has 128 valence electrons. The van der Waals surface area contributed by atoms with Crippen LogP contribution in [-0.4, -0.2) is 34.5 Å². The third-order valence-electron chi connectivity index (χ3n) is 3.03. The number of hydrogen-bond acceptors (Lipinski definition) is 7. The highest BCUT2D eigenvalue weighted by Gasteiger charge is 2.15. The molecule has 0 saturated carbocycles. The van der Waals surface area contributed by atoms with Gasteiger partial charge in [-0.2, -0.15) is 0 Å². The normalized spacial score (nSPS) is 10.5. The van der Waals surface area contributed by atoms with E-state index in [0.717, 1.165) is 5.69 Å². The zero-order chi connectivity index (χ0) is 18.2. The molecule has 7 nitrogen and oxygen atoms in total. The molecule has 0 atom stereocenters. The van der Waals surface area contributed by atoms with E-state index in [1.807, 2.05) is 0 Å². The zero-order valence-electron chi connectivity index (χ0n) is 13.8. The summed E-state index contributed by atoms with van der Waals surface area (Å²) in [7, 11) is 0. The number of hydrogen-bond donors (Lipinski definition) is 0. The van der Waals surface area contributed by atoms with Crippen molar-refractivity contribution in [2.45, 2.75) is 13.8 Å². The Labute approximate surface area is 144 Å². The molecular formula is C18H16N2O5. The lowest BCUT2D eigenvalue weighted by Crippen LogP contribution is -2.13. The highest BCUT2D eigenvalue weighted by Crippen LogP contribution is 2.07. The molecule has 2 heterocycles. The van der Waals surface area contributed by atoms with E-state index >= 15 is 0 Å². The van der Waals surface area contributed by atoms with E-state index in [4.69, 9.17) is 9.47 Å². The fourth-order valence-electron chi connectivity index (χ4n) is 1.76. The summed E-state index contributed by atoms with van der Waals surface area (Å²) in [6.45, 7) is 3.77. The highest BCUT2D eigenvalue weighted by molar-refractivity contribution is 6.02. The van der Waals surface area contributed by atoms with Crippen molar-refractivity contribution in [1.29, 1.82) is 0 Å². The summed E-state index contributed by atoms with van der Waals surface area (Å²) in [6.07, 6.45) is 5.29. The lowest BCUT2D eigenvalue weighted by atomic mass is 10.2. The van der Waals surface area contributed by atoms with Gasteiger partial charge >= 0.3 is 17.9 Å². The van der Waals surface area contributed by atoms with E-state index < -0.39 is 17.9 Å². The number of nitrogens with zero attached hydrogens (tertiary/aromatic N) is 2. The molecule has 7 heteroatoms. The van der Waals surface area contributed by atoms with Gasteiger partial charge in [0, 0.05) is 24.2 Å². The maximum absolute atomic E-state index is 12.0. The SMILES string of the molecule is CCOC(=O)/C=C/c1ccc(C(=O)OC(=O)c2ccc(C)nc2)cn1. The second-order valence-electron chi connectivity index (χ2n) is 4.92. The van der Waals surface area contributed by atoms with Gasteiger partial charge in [0.15, 0.2) is 0 Å². The van der Waals surface area contributed by atoms with E-state index in [-0.39, 0.29) is 17.7 Å². The van der Waals surface area contributed by atoms with Crippen LogP contribution in [-0.2, 0) is 14.3 Å². The van der Waals surface area contributed by atoms with Gasteiger partial charge in [-0.05, 0) is 44.2 Å².